The van der Waals surface area contributed by atoms with E-state index in [0.29, 0.717) is 6.54 Å². The number of hydrogen-bond donors (Lipinski definition) is 2. The molecule has 0 aliphatic rings. The molecular formula is C18H28N2O3. The van der Waals surface area contributed by atoms with E-state index in [9.17, 15) is 9.59 Å². The molecule has 0 bridgehead atoms. The minimum atomic E-state index is -0.530. The quantitative estimate of drug-likeness (QED) is 0.789. The summed E-state index contributed by atoms with van der Waals surface area (Å²) in [5, 5.41) is 5.70. The van der Waals surface area contributed by atoms with E-state index in [1.807, 2.05) is 45.9 Å². The van der Waals surface area contributed by atoms with Gasteiger partial charge < -0.3 is 15.4 Å². The van der Waals surface area contributed by atoms with Gasteiger partial charge in [0, 0.05) is 13.5 Å². The molecule has 0 aliphatic carbocycles. The van der Waals surface area contributed by atoms with E-state index in [4.69, 9.17) is 4.74 Å². The number of aryl methyl sites for hydroxylation is 1. The highest BCUT2D eigenvalue weighted by Crippen LogP contribution is 2.20. The number of rotatable bonds is 6. The van der Waals surface area contributed by atoms with Gasteiger partial charge in [-0.3, -0.25) is 4.79 Å². The molecule has 23 heavy (non-hydrogen) atoms. The van der Waals surface area contributed by atoms with Gasteiger partial charge in [0.15, 0.2) is 0 Å². The zero-order chi connectivity index (χ0) is 17.5. The molecular weight excluding hydrogens is 292 g/mol. The number of nitrogens with one attached hydrogen (secondary N) is 2. The Bertz CT molecular complexity index is 535. The molecule has 128 valence electrons. The van der Waals surface area contributed by atoms with Gasteiger partial charge in [0.05, 0.1) is 6.04 Å². The van der Waals surface area contributed by atoms with E-state index in [0.717, 1.165) is 24.0 Å². The van der Waals surface area contributed by atoms with Crippen LogP contribution in [0, 0.1) is 6.92 Å². The van der Waals surface area contributed by atoms with Gasteiger partial charge in [-0.25, -0.2) is 4.79 Å². The van der Waals surface area contributed by atoms with Crippen LogP contribution in [0.2, 0.25) is 0 Å². The molecule has 1 atom stereocenters. The number of amides is 2. The van der Waals surface area contributed by atoms with Gasteiger partial charge >= 0.3 is 6.09 Å². The molecule has 0 heterocycles. The average molecular weight is 320 g/mol. The second kappa shape index (κ2) is 8.56. The maximum absolute atomic E-state index is 12.1. The first-order valence-electron chi connectivity index (χ1n) is 7.98. The Kier molecular flexibility index (Phi) is 7.07. The Hall–Kier alpha value is -2.04. The van der Waals surface area contributed by atoms with Gasteiger partial charge in [-0.2, -0.15) is 0 Å². The lowest BCUT2D eigenvalue weighted by atomic mass is 10.0. The van der Waals surface area contributed by atoms with E-state index in [2.05, 4.69) is 16.7 Å². The normalized spacial score (nSPS) is 12.4. The van der Waals surface area contributed by atoms with E-state index in [-0.39, 0.29) is 11.9 Å². The first-order valence-corrected chi connectivity index (χ1v) is 7.98. The number of carbonyl (C=O) groups is 2. The lowest BCUT2D eigenvalue weighted by Crippen LogP contribution is -2.35. The average Bonchev–Trinajstić information content (AvgIpc) is 2.40. The molecule has 1 rings (SSSR count). The van der Waals surface area contributed by atoms with Gasteiger partial charge in [0.1, 0.15) is 5.60 Å². The van der Waals surface area contributed by atoms with Crippen LogP contribution < -0.4 is 10.6 Å². The van der Waals surface area contributed by atoms with E-state index in [1.165, 1.54) is 6.92 Å². The van der Waals surface area contributed by atoms with Gasteiger partial charge in [0.25, 0.3) is 0 Å². The maximum atomic E-state index is 12.1. The van der Waals surface area contributed by atoms with Crippen LogP contribution in [0.3, 0.4) is 0 Å². The standard InChI is InChI=1S/C18H28N2O3/c1-13-8-6-9-15(12-13)16(10-7-11-19-14(2)21)20-17(22)23-18(3,4)5/h6,8-9,12,16H,7,10-11H2,1-5H3,(H,19,21)(H,20,22). The van der Waals surface area contributed by atoms with Crippen LogP contribution in [0.1, 0.15) is 57.7 Å². The third-order valence-corrected chi connectivity index (χ3v) is 3.18. The summed E-state index contributed by atoms with van der Waals surface area (Å²) in [5.74, 6) is -0.0443. The molecule has 0 fully saturated rings. The van der Waals surface area contributed by atoms with Crippen molar-refractivity contribution in [2.45, 2.75) is 59.1 Å². The first-order chi connectivity index (χ1) is 10.7. The Labute approximate surface area is 138 Å². The molecule has 1 aromatic carbocycles. The molecule has 0 spiro atoms. The van der Waals surface area contributed by atoms with E-state index >= 15 is 0 Å². The first kappa shape index (κ1) is 19.0. The fraction of sp³-hybridized carbons (Fsp3) is 0.556. The number of carbonyl (C=O) groups excluding carboxylic acids is 2. The van der Waals surface area contributed by atoms with Crippen molar-refractivity contribution < 1.29 is 14.3 Å². The van der Waals surface area contributed by atoms with Crippen molar-refractivity contribution in [3.05, 3.63) is 35.4 Å². The van der Waals surface area contributed by atoms with E-state index in [1.54, 1.807) is 0 Å². The van der Waals surface area contributed by atoms with Crippen molar-refractivity contribution in [1.29, 1.82) is 0 Å². The molecule has 0 saturated heterocycles. The van der Waals surface area contributed by atoms with Crippen LogP contribution in [-0.2, 0) is 9.53 Å². The summed E-state index contributed by atoms with van der Waals surface area (Å²) in [7, 11) is 0. The number of ether oxygens (including phenoxy) is 1. The molecule has 2 N–H and O–H groups in total. The Morgan fingerprint density at radius 1 is 1.26 bits per heavy atom. The highest BCUT2D eigenvalue weighted by molar-refractivity contribution is 5.72. The molecule has 5 heteroatoms. The topological polar surface area (TPSA) is 67.4 Å². The van der Waals surface area contributed by atoms with Crippen LogP contribution in [0.15, 0.2) is 24.3 Å². The van der Waals surface area contributed by atoms with Crippen molar-refractivity contribution in [3.8, 4) is 0 Å². The van der Waals surface area contributed by atoms with Crippen LogP contribution >= 0.6 is 0 Å². The third-order valence-electron chi connectivity index (χ3n) is 3.18. The van der Waals surface area contributed by atoms with Gasteiger partial charge in [0.2, 0.25) is 5.91 Å². The molecule has 0 radical (unpaired) electrons. The van der Waals surface area contributed by atoms with E-state index < -0.39 is 11.7 Å². The van der Waals surface area contributed by atoms with Crippen molar-refractivity contribution in [2.24, 2.45) is 0 Å². The fourth-order valence-corrected chi connectivity index (χ4v) is 2.23. The Balaban J connectivity index is 2.72. The van der Waals surface area contributed by atoms with Crippen LogP contribution in [-0.4, -0.2) is 24.1 Å². The van der Waals surface area contributed by atoms with Crippen molar-refractivity contribution in [2.75, 3.05) is 6.54 Å². The summed E-state index contributed by atoms with van der Waals surface area (Å²) < 4.78 is 5.34. The van der Waals surface area contributed by atoms with Gasteiger partial charge in [-0.1, -0.05) is 29.8 Å². The molecule has 0 aromatic heterocycles. The summed E-state index contributed by atoms with van der Waals surface area (Å²) in [6.07, 6.45) is 1.07. The zero-order valence-electron chi connectivity index (χ0n) is 14.7. The lowest BCUT2D eigenvalue weighted by Gasteiger charge is -2.24. The minimum absolute atomic E-state index is 0.0443. The van der Waals surface area contributed by atoms with Crippen molar-refractivity contribution >= 4 is 12.0 Å². The SMILES string of the molecule is CC(=O)NCCCC(NC(=O)OC(C)(C)C)c1cccc(C)c1. The summed E-state index contributed by atoms with van der Waals surface area (Å²) in [6, 6.07) is 7.90. The van der Waals surface area contributed by atoms with Crippen LogP contribution in [0.25, 0.3) is 0 Å². The number of hydrogen-bond acceptors (Lipinski definition) is 3. The summed E-state index contributed by atoms with van der Waals surface area (Å²) in [4.78, 5) is 23.0. The molecule has 5 nitrogen and oxygen atoms in total. The van der Waals surface area contributed by atoms with Gasteiger partial charge in [-0.05, 0) is 46.1 Å². The Morgan fingerprint density at radius 2 is 1.96 bits per heavy atom. The monoisotopic (exact) mass is 320 g/mol. The predicted octanol–water partition coefficient (Wildman–Crippen LogP) is 3.48. The molecule has 0 aliphatic heterocycles. The van der Waals surface area contributed by atoms with Crippen LogP contribution in [0.5, 0.6) is 0 Å². The summed E-state index contributed by atoms with van der Waals surface area (Å²) in [6.45, 7) is 9.62. The summed E-state index contributed by atoms with van der Waals surface area (Å²) in [5.41, 5.74) is 1.65. The highest BCUT2D eigenvalue weighted by atomic mass is 16.6. The molecule has 0 saturated carbocycles. The second-order valence-corrected chi connectivity index (χ2v) is 6.74. The number of benzene rings is 1. The minimum Gasteiger partial charge on any atom is -0.444 e. The molecule has 2 amide bonds. The largest absolute Gasteiger partial charge is 0.444 e. The molecule has 1 unspecified atom stereocenters. The van der Waals surface area contributed by atoms with Crippen molar-refractivity contribution in [3.63, 3.8) is 0 Å². The smallest absolute Gasteiger partial charge is 0.408 e. The van der Waals surface area contributed by atoms with Gasteiger partial charge in [-0.15, -0.1) is 0 Å². The second-order valence-electron chi connectivity index (χ2n) is 6.74. The number of alkyl carbamates (subject to hydrolysis) is 1. The molecule has 1 aromatic rings. The van der Waals surface area contributed by atoms with Crippen LogP contribution in [0.4, 0.5) is 4.79 Å². The van der Waals surface area contributed by atoms with Crippen molar-refractivity contribution in [1.82, 2.24) is 10.6 Å². The lowest BCUT2D eigenvalue weighted by molar-refractivity contribution is -0.118. The summed E-state index contributed by atoms with van der Waals surface area (Å²) >= 11 is 0. The zero-order valence-corrected chi connectivity index (χ0v) is 14.7. The highest BCUT2D eigenvalue weighted by Gasteiger charge is 2.20. The third kappa shape index (κ3) is 8.24. The Morgan fingerprint density at radius 3 is 2.52 bits per heavy atom. The maximum Gasteiger partial charge on any atom is 0.408 e. The predicted molar refractivity (Wildman–Crippen MR) is 91.2 cm³/mol. The fourth-order valence-electron chi connectivity index (χ4n) is 2.23.